The zero-order chi connectivity index (χ0) is 15.0. The number of hydrogen-bond acceptors (Lipinski definition) is 0. The van der Waals surface area contributed by atoms with Crippen LogP contribution >= 0.6 is 0 Å². The third kappa shape index (κ3) is 7.04. The van der Waals surface area contributed by atoms with Crippen molar-refractivity contribution < 1.29 is 51.2 Å². The highest BCUT2D eigenvalue weighted by molar-refractivity contribution is 4.99. The maximum Gasteiger partial charge on any atom is 0.319 e. The molecule has 0 aromatic heterocycles. The highest BCUT2D eigenvalue weighted by Gasteiger charge is 2.36. The molecule has 0 saturated carbocycles. The SMILES string of the molecule is FC(F)(CCC[I+]c1ccccc1)C[I+]c1ccccc1. The van der Waals surface area contributed by atoms with E-state index in [0.29, 0.717) is 6.42 Å². The first-order chi connectivity index (χ1) is 10.2. The summed E-state index contributed by atoms with van der Waals surface area (Å²) in [6.07, 6.45) is 0.694. The lowest BCUT2D eigenvalue weighted by Gasteiger charge is -2.07. The molecule has 4 heteroatoms. The van der Waals surface area contributed by atoms with E-state index in [1.54, 1.807) is 0 Å². The van der Waals surface area contributed by atoms with E-state index in [9.17, 15) is 8.78 Å². The second kappa shape index (κ2) is 9.02. The van der Waals surface area contributed by atoms with Gasteiger partial charge in [0.2, 0.25) is 4.43 Å². The molecule has 0 aliphatic rings. The molecule has 0 heterocycles. The minimum atomic E-state index is -2.48. The van der Waals surface area contributed by atoms with Crippen LogP contribution in [0.25, 0.3) is 0 Å². The number of benzene rings is 2. The predicted octanol–water partition coefficient (Wildman–Crippen LogP) is -1.68. The van der Waals surface area contributed by atoms with E-state index >= 15 is 0 Å². The molecule has 0 nitrogen and oxygen atoms in total. The van der Waals surface area contributed by atoms with Gasteiger partial charge in [0.1, 0.15) is 4.43 Å². The van der Waals surface area contributed by atoms with E-state index in [2.05, 4.69) is 12.1 Å². The monoisotopic (exact) mass is 514 g/mol. The summed E-state index contributed by atoms with van der Waals surface area (Å²) in [5.41, 5.74) is 0. The molecule has 0 unspecified atom stereocenters. The third-order valence-electron chi connectivity index (χ3n) is 2.81. The summed E-state index contributed by atoms with van der Waals surface area (Å²) in [5.74, 6) is -2.48. The Bertz CT molecular complexity index is 515. The normalized spacial score (nSPS) is 11.5. The van der Waals surface area contributed by atoms with Crippen LogP contribution in [0, 0.1) is 7.14 Å². The molecule has 0 atom stereocenters. The molecule has 112 valence electrons. The van der Waals surface area contributed by atoms with Crippen molar-refractivity contribution in [2.24, 2.45) is 0 Å². The fourth-order valence-electron chi connectivity index (χ4n) is 1.75. The van der Waals surface area contributed by atoms with Crippen molar-refractivity contribution in [3.05, 3.63) is 67.8 Å². The van der Waals surface area contributed by atoms with E-state index in [1.165, 1.54) is 3.57 Å². The first-order valence-corrected chi connectivity index (χ1v) is 12.0. The highest BCUT2D eigenvalue weighted by atomic mass is 127. The van der Waals surface area contributed by atoms with Crippen LogP contribution in [0.3, 0.4) is 0 Å². The quantitative estimate of drug-likeness (QED) is 0.225. The molecule has 0 saturated heterocycles. The van der Waals surface area contributed by atoms with Crippen molar-refractivity contribution in [2.45, 2.75) is 18.8 Å². The number of hydrogen-bond donors (Lipinski definition) is 0. The fraction of sp³-hybridized carbons (Fsp3) is 0.294. The molecule has 2 aromatic rings. The maximum absolute atomic E-state index is 13.9. The smallest absolute Gasteiger partial charge is 0.202 e. The number of halogens is 4. The summed E-state index contributed by atoms with van der Waals surface area (Å²) in [6.45, 7) is 0. The molecular weight excluding hydrogens is 496 g/mol. The molecule has 0 amide bonds. The van der Waals surface area contributed by atoms with Crippen LogP contribution in [0.1, 0.15) is 12.8 Å². The van der Waals surface area contributed by atoms with Gasteiger partial charge in [0.05, 0.1) is 0 Å². The van der Waals surface area contributed by atoms with Crippen molar-refractivity contribution in [2.75, 3.05) is 8.86 Å². The van der Waals surface area contributed by atoms with E-state index in [4.69, 9.17) is 0 Å². The third-order valence-corrected chi connectivity index (χ3v) is 8.81. The Hall–Kier alpha value is -0.240. The van der Waals surface area contributed by atoms with Gasteiger partial charge in [-0.15, -0.1) is 0 Å². The zero-order valence-corrected chi connectivity index (χ0v) is 15.9. The Labute approximate surface area is 145 Å². The molecule has 0 aliphatic carbocycles. The molecule has 0 spiro atoms. The van der Waals surface area contributed by atoms with Crippen LogP contribution < -0.4 is 42.4 Å². The van der Waals surface area contributed by atoms with Crippen LogP contribution in [-0.4, -0.2) is 14.8 Å². The Morgan fingerprint density at radius 2 is 1.29 bits per heavy atom. The first-order valence-electron chi connectivity index (χ1n) is 6.82. The van der Waals surface area contributed by atoms with Crippen molar-refractivity contribution in [3.8, 4) is 0 Å². The van der Waals surface area contributed by atoms with Crippen molar-refractivity contribution >= 4 is 0 Å². The Morgan fingerprint density at radius 3 is 1.86 bits per heavy atom. The van der Waals surface area contributed by atoms with Crippen molar-refractivity contribution in [3.63, 3.8) is 0 Å². The van der Waals surface area contributed by atoms with Gasteiger partial charge in [-0.2, -0.15) is 0 Å². The van der Waals surface area contributed by atoms with Crippen LogP contribution in [0.15, 0.2) is 60.7 Å². The zero-order valence-electron chi connectivity index (χ0n) is 11.6. The Balaban J connectivity index is 1.66. The van der Waals surface area contributed by atoms with Gasteiger partial charge in [-0.25, -0.2) is 8.78 Å². The molecule has 0 fully saturated rings. The van der Waals surface area contributed by atoms with Gasteiger partial charge in [0.15, 0.2) is 7.14 Å². The lowest BCUT2D eigenvalue weighted by molar-refractivity contribution is -0.645. The minimum absolute atomic E-state index is 0.0477. The van der Waals surface area contributed by atoms with Gasteiger partial charge in [0, 0.05) is 6.42 Å². The highest BCUT2D eigenvalue weighted by Crippen LogP contribution is 2.16. The largest absolute Gasteiger partial charge is 0.319 e. The molecule has 0 radical (unpaired) electrons. The van der Waals surface area contributed by atoms with E-state index in [-0.39, 0.29) is 32.1 Å². The molecule has 21 heavy (non-hydrogen) atoms. The van der Waals surface area contributed by atoms with Crippen LogP contribution in [0.2, 0.25) is 0 Å². The summed E-state index contributed by atoms with van der Waals surface area (Å²) < 4.78 is 31.2. The van der Waals surface area contributed by atoms with Gasteiger partial charge >= 0.3 is 42.4 Å². The van der Waals surface area contributed by atoms with Crippen molar-refractivity contribution in [1.29, 1.82) is 0 Å². The summed E-state index contributed by atoms with van der Waals surface area (Å²) >= 11 is -0.678. The minimum Gasteiger partial charge on any atom is -0.202 e. The molecular formula is C17H18F2I2+2. The van der Waals surface area contributed by atoms with Gasteiger partial charge in [0.25, 0.3) is 5.92 Å². The molecule has 0 bridgehead atoms. The van der Waals surface area contributed by atoms with Gasteiger partial charge in [-0.1, -0.05) is 36.4 Å². The molecule has 0 N–H and O–H groups in total. The lowest BCUT2D eigenvalue weighted by Crippen LogP contribution is -3.63. The second-order valence-electron chi connectivity index (χ2n) is 4.64. The summed E-state index contributed by atoms with van der Waals surface area (Å²) in [4.78, 5) is 0. The van der Waals surface area contributed by atoms with E-state index in [0.717, 1.165) is 8.00 Å². The first kappa shape index (κ1) is 17.1. The summed E-state index contributed by atoms with van der Waals surface area (Å²) in [6, 6.07) is 20.0. The topological polar surface area (TPSA) is 0 Å². The van der Waals surface area contributed by atoms with E-state index < -0.39 is 27.1 Å². The van der Waals surface area contributed by atoms with Crippen LogP contribution in [0.5, 0.6) is 0 Å². The fourth-order valence-corrected chi connectivity index (χ4v) is 6.36. The summed E-state index contributed by atoms with van der Waals surface area (Å²) in [5, 5.41) is 0. The molecule has 2 rings (SSSR count). The maximum atomic E-state index is 13.9. The van der Waals surface area contributed by atoms with Gasteiger partial charge < -0.3 is 0 Å². The van der Waals surface area contributed by atoms with Crippen molar-refractivity contribution in [1.82, 2.24) is 0 Å². The number of alkyl halides is 4. The average Bonchev–Trinajstić information content (AvgIpc) is 2.52. The van der Waals surface area contributed by atoms with E-state index in [1.807, 2.05) is 48.5 Å². The summed E-state index contributed by atoms with van der Waals surface area (Å²) in [7, 11) is 0. The lowest BCUT2D eigenvalue weighted by atomic mass is 10.2. The Kier molecular flexibility index (Phi) is 7.36. The molecule has 2 aromatic carbocycles. The standard InChI is InChI=1S/C17H18F2I2/c18-17(19,14-21-16-10-5-2-6-11-16)12-7-13-20-15-8-3-1-4-9-15/h1-6,8-11H,7,12-14H2/q+2. The molecule has 0 aliphatic heterocycles. The average molecular weight is 514 g/mol. The Morgan fingerprint density at radius 1 is 0.762 bits per heavy atom. The van der Waals surface area contributed by atoms with Gasteiger partial charge in [-0.05, 0) is 30.7 Å². The predicted molar refractivity (Wildman–Crippen MR) is 74.2 cm³/mol. The van der Waals surface area contributed by atoms with Gasteiger partial charge in [-0.3, -0.25) is 0 Å². The second-order valence-corrected chi connectivity index (χ2v) is 10.5. The number of rotatable bonds is 8. The van der Waals surface area contributed by atoms with Crippen LogP contribution in [-0.2, 0) is 0 Å². The van der Waals surface area contributed by atoms with Crippen LogP contribution in [0.4, 0.5) is 8.78 Å².